The Labute approximate surface area is 160 Å². The first-order chi connectivity index (χ1) is 12.7. The third-order valence-corrected chi connectivity index (χ3v) is 7.59. The second-order valence-electron chi connectivity index (χ2n) is 6.43. The minimum absolute atomic E-state index is 0.00335. The van der Waals surface area contributed by atoms with Crippen LogP contribution < -0.4 is 10.0 Å². The quantitative estimate of drug-likeness (QED) is 0.624. The fraction of sp³-hybridized carbons (Fsp3) is 0.412. The lowest BCUT2D eigenvalue weighted by atomic mass is 10.1. The maximum atomic E-state index is 12.0. The van der Waals surface area contributed by atoms with E-state index in [2.05, 4.69) is 4.99 Å². The lowest BCUT2D eigenvalue weighted by Gasteiger charge is -2.24. The molecule has 2 fully saturated rings. The Morgan fingerprint density at radius 3 is 2.44 bits per heavy atom. The molecule has 2 atom stereocenters. The van der Waals surface area contributed by atoms with E-state index in [-0.39, 0.29) is 35.0 Å². The molecule has 2 aliphatic rings. The first kappa shape index (κ1) is 19.6. The van der Waals surface area contributed by atoms with Crippen LogP contribution in [0.25, 0.3) is 0 Å². The van der Waals surface area contributed by atoms with Crippen molar-refractivity contribution in [2.24, 2.45) is 4.99 Å². The molecule has 1 aromatic rings. The summed E-state index contributed by atoms with van der Waals surface area (Å²) in [7, 11) is -3.18. The van der Waals surface area contributed by atoms with Gasteiger partial charge >= 0.3 is 0 Å². The monoisotopic (exact) mass is 409 g/mol. The van der Waals surface area contributed by atoms with Gasteiger partial charge in [-0.1, -0.05) is 11.8 Å². The number of hydrogen-bond donors (Lipinski definition) is 0. The largest absolute Gasteiger partial charge is 0.550 e. The van der Waals surface area contributed by atoms with Crippen molar-refractivity contribution in [1.29, 1.82) is 0 Å². The summed E-state index contributed by atoms with van der Waals surface area (Å²) in [5, 5.41) is 10.6. The molecule has 0 spiro atoms. The maximum Gasteiger partial charge on any atom is 0.248 e. The number of carboxylic acid groups (broad SMARTS) is 1. The van der Waals surface area contributed by atoms with E-state index in [1.54, 1.807) is 29.2 Å². The molecule has 2 heterocycles. The van der Waals surface area contributed by atoms with Gasteiger partial charge in [0, 0.05) is 28.9 Å². The van der Waals surface area contributed by atoms with E-state index in [4.69, 9.17) is 0 Å². The molecule has 144 valence electrons. The molecule has 2 aliphatic heterocycles. The highest BCUT2D eigenvalue weighted by Crippen LogP contribution is 2.41. The van der Waals surface area contributed by atoms with Crippen molar-refractivity contribution in [3.05, 3.63) is 29.8 Å². The van der Waals surface area contributed by atoms with Crippen LogP contribution in [-0.4, -0.2) is 54.0 Å². The number of anilines is 1. The number of sulfone groups is 1. The van der Waals surface area contributed by atoms with Crippen molar-refractivity contribution in [1.82, 2.24) is 0 Å². The van der Waals surface area contributed by atoms with Gasteiger partial charge in [-0.05, 0) is 37.6 Å². The smallest absolute Gasteiger partial charge is 0.248 e. The van der Waals surface area contributed by atoms with Gasteiger partial charge in [0.05, 0.1) is 17.5 Å². The first-order valence-electron chi connectivity index (χ1n) is 8.25. The van der Waals surface area contributed by atoms with Crippen LogP contribution in [0.4, 0.5) is 5.69 Å². The Balaban J connectivity index is 1.92. The molecule has 0 aromatic heterocycles. The molecule has 0 aliphatic carbocycles. The third-order valence-electron chi connectivity index (χ3n) is 4.38. The maximum absolute atomic E-state index is 12.0. The van der Waals surface area contributed by atoms with Gasteiger partial charge in [-0.3, -0.25) is 9.59 Å². The number of carbonyl (C=O) groups excluding carboxylic acids is 3. The molecule has 1 aromatic carbocycles. The number of ketones is 1. The number of amides is 1. The van der Waals surface area contributed by atoms with Crippen molar-refractivity contribution in [2.45, 2.75) is 31.1 Å². The van der Waals surface area contributed by atoms with Crippen LogP contribution in [0.15, 0.2) is 29.3 Å². The Morgan fingerprint density at radius 1 is 1.19 bits per heavy atom. The fourth-order valence-electron chi connectivity index (χ4n) is 3.09. The van der Waals surface area contributed by atoms with E-state index < -0.39 is 28.1 Å². The number of hydrogen-bond acceptors (Lipinski definition) is 7. The predicted molar refractivity (Wildman–Crippen MR) is 99.4 cm³/mol. The summed E-state index contributed by atoms with van der Waals surface area (Å²) in [6.45, 7) is 1.45. The Morgan fingerprint density at radius 2 is 1.85 bits per heavy atom. The Kier molecular flexibility index (Phi) is 5.38. The summed E-state index contributed by atoms with van der Waals surface area (Å²) in [6, 6.07) is 6.27. The molecule has 0 radical (unpaired) electrons. The van der Waals surface area contributed by atoms with E-state index in [1.807, 2.05) is 0 Å². The average Bonchev–Trinajstić information content (AvgIpc) is 3.03. The molecule has 8 nitrogen and oxygen atoms in total. The van der Waals surface area contributed by atoms with Crippen LogP contribution in [0, 0.1) is 0 Å². The number of amidine groups is 1. The number of aliphatic carboxylic acids is 1. The van der Waals surface area contributed by atoms with Crippen molar-refractivity contribution in [3.63, 3.8) is 0 Å². The average molecular weight is 409 g/mol. The van der Waals surface area contributed by atoms with E-state index in [0.29, 0.717) is 16.4 Å². The highest BCUT2D eigenvalue weighted by molar-refractivity contribution is 8.16. The number of rotatable bonds is 5. The van der Waals surface area contributed by atoms with Gasteiger partial charge in [0.25, 0.3) is 0 Å². The van der Waals surface area contributed by atoms with Crippen molar-refractivity contribution >= 4 is 50.1 Å². The van der Waals surface area contributed by atoms with Crippen molar-refractivity contribution in [3.8, 4) is 0 Å². The van der Waals surface area contributed by atoms with Gasteiger partial charge in [-0.2, -0.15) is 4.99 Å². The molecule has 10 heteroatoms. The van der Waals surface area contributed by atoms with E-state index in [0.717, 1.165) is 0 Å². The number of benzene rings is 1. The molecular weight excluding hydrogens is 392 g/mol. The summed E-state index contributed by atoms with van der Waals surface area (Å²) in [4.78, 5) is 39.7. The molecule has 0 N–H and O–H groups in total. The first-order valence-corrected chi connectivity index (χ1v) is 10.9. The predicted octanol–water partition coefficient (Wildman–Crippen LogP) is 0.0207. The standard InChI is InChI=1S/C17H18N2O6S2/c1-10(20)11-2-4-12(5-3-11)19-13-8-27(24,25)9-14(13)26-17(19)18-15(21)6-7-16(22)23/h2-5,13-14H,6-9H2,1H3,(H,22,23)/p-1/t13-,14+/m0/s1. The minimum atomic E-state index is -3.18. The van der Waals surface area contributed by atoms with E-state index in [9.17, 15) is 27.9 Å². The Hall–Kier alpha value is -2.20. The zero-order chi connectivity index (χ0) is 19.8. The third kappa shape index (κ3) is 4.38. The van der Waals surface area contributed by atoms with Crippen LogP contribution in [0.3, 0.4) is 0 Å². The number of carbonyl (C=O) groups is 3. The SMILES string of the molecule is CC(=O)c1ccc(N2C(=NC(=O)CCC(=O)[O-])S[C@@H]3CS(=O)(=O)C[C@@H]32)cc1. The number of carboxylic acids is 1. The lowest BCUT2D eigenvalue weighted by Crippen LogP contribution is -2.37. The van der Waals surface area contributed by atoms with Gasteiger partial charge in [0.15, 0.2) is 20.8 Å². The van der Waals surface area contributed by atoms with Crippen molar-refractivity contribution in [2.75, 3.05) is 16.4 Å². The normalized spacial score (nSPS) is 24.8. The number of aliphatic imine (C=N–C) groups is 1. The van der Waals surface area contributed by atoms with Crippen LogP contribution >= 0.6 is 11.8 Å². The summed E-state index contributed by atoms with van der Waals surface area (Å²) in [5.74, 6) is -2.08. The summed E-state index contributed by atoms with van der Waals surface area (Å²) in [6.07, 6.45) is -0.702. The number of nitrogens with zero attached hydrogens (tertiary/aromatic N) is 2. The van der Waals surface area contributed by atoms with Crippen molar-refractivity contribution < 1.29 is 27.9 Å². The highest BCUT2D eigenvalue weighted by atomic mass is 32.2. The zero-order valence-corrected chi connectivity index (χ0v) is 16.1. The van der Waals surface area contributed by atoms with Crippen LogP contribution in [0.1, 0.15) is 30.1 Å². The van der Waals surface area contributed by atoms with Crippen LogP contribution in [0.2, 0.25) is 0 Å². The molecule has 1 amide bonds. The second kappa shape index (κ2) is 7.43. The Bertz CT molecular complexity index is 923. The van der Waals surface area contributed by atoms with Gasteiger partial charge in [0.2, 0.25) is 5.91 Å². The highest BCUT2D eigenvalue weighted by Gasteiger charge is 2.49. The molecule has 2 saturated heterocycles. The van der Waals surface area contributed by atoms with Gasteiger partial charge in [0.1, 0.15) is 0 Å². The summed E-state index contributed by atoms with van der Waals surface area (Å²) < 4.78 is 24.0. The van der Waals surface area contributed by atoms with E-state index in [1.165, 1.54) is 18.7 Å². The topological polar surface area (TPSA) is 124 Å². The minimum Gasteiger partial charge on any atom is -0.550 e. The molecule has 27 heavy (non-hydrogen) atoms. The molecule has 0 unspecified atom stereocenters. The fourth-order valence-corrected chi connectivity index (χ4v) is 7.03. The number of thioether (sulfide) groups is 1. The zero-order valence-electron chi connectivity index (χ0n) is 14.5. The van der Waals surface area contributed by atoms with Crippen LogP contribution in [-0.2, 0) is 19.4 Å². The summed E-state index contributed by atoms with van der Waals surface area (Å²) >= 11 is 1.21. The van der Waals surface area contributed by atoms with Gasteiger partial charge in [-0.15, -0.1) is 0 Å². The number of fused-ring (bicyclic) bond motifs is 1. The van der Waals surface area contributed by atoms with Gasteiger partial charge in [-0.25, -0.2) is 8.42 Å². The molecule has 0 bridgehead atoms. The lowest BCUT2D eigenvalue weighted by molar-refractivity contribution is -0.305. The summed E-state index contributed by atoms with van der Waals surface area (Å²) in [5.41, 5.74) is 1.15. The molecule has 0 saturated carbocycles. The van der Waals surface area contributed by atoms with E-state index >= 15 is 0 Å². The van der Waals surface area contributed by atoms with Crippen LogP contribution in [0.5, 0.6) is 0 Å². The molecule has 3 rings (SSSR count). The molecular formula is C17H17N2O6S2-. The second-order valence-corrected chi connectivity index (χ2v) is 9.79. The number of Topliss-reactive ketones (excluding diaryl/α,β-unsaturated/α-hetero) is 1. The van der Waals surface area contributed by atoms with Gasteiger partial charge < -0.3 is 14.8 Å².